The molecule has 21 nitrogen and oxygen atoms in total. The predicted molar refractivity (Wildman–Crippen MR) is 363 cm³/mol. The molecule has 0 radical (unpaired) electrons. The minimum atomic E-state index is -3.06. The van der Waals surface area contributed by atoms with Gasteiger partial charge in [0.25, 0.3) is 17.8 Å². The van der Waals surface area contributed by atoms with Crippen LogP contribution >= 0.6 is 23.2 Å². The number of nitrogens with one attached hydrogen (secondary N) is 3. The van der Waals surface area contributed by atoms with Crippen LogP contribution < -0.4 is 44.4 Å². The fraction of sp³-hybridized carbons (Fsp3) is 0.400. The van der Waals surface area contributed by atoms with Crippen LogP contribution in [0.15, 0.2) is 110 Å². The van der Waals surface area contributed by atoms with Crippen molar-refractivity contribution < 1.29 is 82.1 Å². The van der Waals surface area contributed by atoms with Crippen molar-refractivity contribution in [3.05, 3.63) is 143 Å². The molecular weight excluding hydrogens is 1390 g/mol. The van der Waals surface area contributed by atoms with Crippen molar-refractivity contribution in [3.63, 3.8) is 0 Å². The minimum Gasteiger partial charge on any atom is -0.493 e. The highest BCUT2D eigenvalue weighted by molar-refractivity contribution is 6.31. The molecule has 0 amide bonds. The Hall–Kier alpha value is -8.75. The average Bonchev–Trinajstić information content (AvgIpc) is 0.785. The van der Waals surface area contributed by atoms with Crippen LogP contribution in [0, 0.1) is 24.4 Å². The quantitative estimate of drug-likeness (QED) is 0.0683. The lowest BCUT2D eigenvalue weighted by molar-refractivity contribution is -0.170. The monoisotopic (exact) mass is 1460 g/mol. The Kier molecular flexibility index (Phi) is 21.3. The highest BCUT2D eigenvalue weighted by Gasteiger charge is 2.52. The number of hydrogen-bond donors (Lipinski definition) is 3. The highest BCUT2D eigenvalue weighted by Crippen LogP contribution is 2.44. The number of ether oxygens (including phenoxy) is 9. The first kappa shape index (κ1) is 71.6. The Balaban J connectivity index is 0.000000137. The largest absolute Gasteiger partial charge is 0.493 e. The van der Waals surface area contributed by atoms with Gasteiger partial charge in [-0.3, -0.25) is 14.7 Å². The molecule has 6 aliphatic rings. The van der Waals surface area contributed by atoms with Crippen LogP contribution in [0.25, 0.3) is 32.7 Å². The van der Waals surface area contributed by atoms with Crippen LogP contribution in [0.5, 0.6) is 34.5 Å². The number of piperidine rings is 3. The summed E-state index contributed by atoms with van der Waals surface area (Å²) in [6, 6.07) is 23.5. The number of aryl methyl sites for hydroxylation is 1. The molecular formula is C70H69Cl2F9N12O9. The van der Waals surface area contributed by atoms with E-state index in [2.05, 4.69) is 45.9 Å². The molecule has 0 saturated carbocycles. The van der Waals surface area contributed by atoms with Crippen molar-refractivity contribution in [3.8, 4) is 34.5 Å². The number of rotatable bonds is 18. The molecule has 6 aromatic carbocycles. The van der Waals surface area contributed by atoms with Crippen molar-refractivity contribution in [2.24, 2.45) is 0 Å². The van der Waals surface area contributed by atoms with Gasteiger partial charge in [0.15, 0.2) is 64.4 Å². The second-order valence-corrected chi connectivity index (χ2v) is 26.0. The third-order valence-corrected chi connectivity index (χ3v) is 19.1. The molecule has 0 bridgehead atoms. The number of anilines is 6. The third kappa shape index (κ3) is 15.5. The van der Waals surface area contributed by atoms with Crippen LogP contribution in [-0.2, 0) is 14.2 Å². The molecule has 0 spiro atoms. The lowest BCUT2D eigenvalue weighted by Gasteiger charge is -2.44. The summed E-state index contributed by atoms with van der Waals surface area (Å²) in [5.41, 5.74) is 2.40. The fourth-order valence-corrected chi connectivity index (χ4v) is 12.9. The van der Waals surface area contributed by atoms with Crippen molar-refractivity contribution in [1.82, 2.24) is 44.6 Å². The number of alkyl halides is 6. The Bertz CT molecular complexity index is 4070. The van der Waals surface area contributed by atoms with Gasteiger partial charge in [-0.05, 0) is 61.0 Å². The molecule has 6 saturated heterocycles. The molecule has 3 N–H and O–H groups in total. The maximum absolute atomic E-state index is 15.0. The summed E-state index contributed by atoms with van der Waals surface area (Å²) >= 11 is 11.8. The first-order valence-electron chi connectivity index (χ1n) is 32.6. The molecule has 1 unspecified atom stereocenters. The summed E-state index contributed by atoms with van der Waals surface area (Å²) in [6.07, 6.45) is 0.435. The molecule has 9 heterocycles. The highest BCUT2D eigenvalue weighted by atomic mass is 35.5. The molecule has 15 rings (SSSR count). The van der Waals surface area contributed by atoms with Gasteiger partial charge < -0.3 is 58.6 Å². The van der Waals surface area contributed by atoms with E-state index in [0.29, 0.717) is 103 Å². The molecule has 3 aromatic heterocycles. The summed E-state index contributed by atoms with van der Waals surface area (Å²) < 4.78 is 182. The zero-order chi connectivity index (χ0) is 71.6. The standard InChI is InChI=1S/C24H25F3N4O3.2C23H22ClF3N4O3/c1-14-4-3-5-17(22(14)25)30-23-16-8-20(19(32-2)9-18(16)28-13-29-23)34-21-6-7-31(12-24(21,26)27)15-10-33-11-15;2*1-32-18-8-17-14(22(29-12-28-17)30-16-4-2-3-15(24)21(16)25)7-19(18)34-20-5-6-31(11-23(20,26)27)13-9-33-10-13/h3-5,8-9,13,15,21H,6-7,10-12H2,1-2H3,(H,28,29,30);2*2-4,7-8,12-13,20H,5-6,9-11H2,1H3,(H,28,29,30)/t21-;20-;/m01./s1. The Morgan fingerprint density at radius 3 is 1.01 bits per heavy atom. The molecule has 3 atom stereocenters. The van der Waals surface area contributed by atoms with E-state index in [-0.39, 0.29) is 117 Å². The minimum absolute atomic E-state index is 0.0275. The lowest BCUT2D eigenvalue weighted by atomic mass is 10.0. The predicted octanol–water partition coefficient (Wildman–Crippen LogP) is 13.6. The van der Waals surface area contributed by atoms with Gasteiger partial charge in [0.2, 0.25) is 0 Å². The van der Waals surface area contributed by atoms with Crippen molar-refractivity contribution >= 4 is 90.4 Å². The Morgan fingerprint density at radius 2 is 0.725 bits per heavy atom. The van der Waals surface area contributed by atoms with Crippen LogP contribution in [0.3, 0.4) is 0 Å². The van der Waals surface area contributed by atoms with Gasteiger partial charge in [0, 0.05) is 73.3 Å². The number of nitrogens with zero attached hydrogens (tertiary/aromatic N) is 9. The van der Waals surface area contributed by atoms with Crippen LogP contribution in [-0.4, -0.2) is 199 Å². The van der Waals surface area contributed by atoms with Crippen LogP contribution in [0.1, 0.15) is 24.8 Å². The number of benzene rings is 6. The smallest absolute Gasteiger partial charge is 0.296 e. The number of methoxy groups -OCH3 is 3. The van der Waals surface area contributed by atoms with Gasteiger partial charge in [0.1, 0.15) is 42.3 Å². The maximum atomic E-state index is 15.0. The second kappa shape index (κ2) is 30.3. The van der Waals surface area contributed by atoms with E-state index < -0.39 is 66.6 Å². The average molecular weight is 1460 g/mol. The number of likely N-dealkylation sites (tertiary alicyclic amines) is 3. The molecule has 32 heteroatoms. The summed E-state index contributed by atoms with van der Waals surface area (Å²) in [4.78, 5) is 30.6. The van der Waals surface area contributed by atoms with Crippen molar-refractivity contribution in [2.45, 2.75) is 80.4 Å². The number of hydrogen-bond acceptors (Lipinski definition) is 21. The Morgan fingerprint density at radius 1 is 0.422 bits per heavy atom. The summed E-state index contributed by atoms with van der Waals surface area (Å²) in [5.74, 6) is -8.76. The van der Waals surface area contributed by atoms with E-state index in [4.69, 9.17) is 65.8 Å². The fourth-order valence-electron chi connectivity index (χ4n) is 12.5. The van der Waals surface area contributed by atoms with Crippen LogP contribution in [0.4, 0.5) is 74.0 Å². The number of fused-ring (bicyclic) bond motifs is 3. The van der Waals surface area contributed by atoms with Gasteiger partial charge in [-0.25, -0.2) is 69.4 Å². The second-order valence-electron chi connectivity index (χ2n) is 25.2. The molecule has 6 fully saturated rings. The van der Waals surface area contributed by atoms with E-state index in [9.17, 15) is 39.5 Å². The molecule has 9 aromatic rings. The first-order valence-corrected chi connectivity index (χ1v) is 33.3. The van der Waals surface area contributed by atoms with Crippen molar-refractivity contribution in [2.75, 3.05) is 116 Å². The number of halogens is 11. The van der Waals surface area contributed by atoms with Crippen LogP contribution in [0.2, 0.25) is 10.0 Å². The Labute approximate surface area is 588 Å². The summed E-state index contributed by atoms with van der Waals surface area (Å²) in [6.45, 7) is 4.81. The van der Waals surface area contributed by atoms with Gasteiger partial charge in [-0.2, -0.15) is 0 Å². The van der Waals surface area contributed by atoms with Gasteiger partial charge >= 0.3 is 0 Å². The zero-order valence-electron chi connectivity index (χ0n) is 55.3. The number of aromatic nitrogens is 6. The molecule has 102 heavy (non-hydrogen) atoms. The zero-order valence-corrected chi connectivity index (χ0v) is 56.8. The third-order valence-electron chi connectivity index (χ3n) is 18.5. The van der Waals surface area contributed by atoms with Gasteiger partial charge in [-0.15, -0.1) is 0 Å². The van der Waals surface area contributed by atoms with E-state index in [0.717, 1.165) is 0 Å². The summed E-state index contributed by atoms with van der Waals surface area (Å²) in [5, 5.41) is 10.1. The maximum Gasteiger partial charge on any atom is 0.296 e. The first-order chi connectivity index (χ1) is 49.1. The lowest BCUT2D eigenvalue weighted by Crippen LogP contribution is -2.60. The van der Waals surface area contributed by atoms with Gasteiger partial charge in [-0.1, -0.05) is 47.5 Å². The van der Waals surface area contributed by atoms with E-state index in [1.807, 2.05) is 0 Å². The molecule has 6 aliphatic heterocycles. The normalized spacial score (nSPS) is 20.7. The topological polar surface area (TPSA) is 206 Å². The molecule has 0 aliphatic carbocycles. The van der Waals surface area contributed by atoms with E-state index >= 15 is 0 Å². The van der Waals surface area contributed by atoms with E-state index in [1.54, 1.807) is 76.2 Å². The van der Waals surface area contributed by atoms with Crippen molar-refractivity contribution in [1.29, 1.82) is 0 Å². The SMILES string of the molecule is COc1cc2ncnc(Nc3cccc(C)c3F)c2cc1O[C@H]1CCN(C2COC2)CC1(F)F.COc1cc2ncnc(Nc3cccc(Cl)c3F)c2cc1OC1CCN(C2COC2)CC1(F)F.COc1cc2ncnc(Nc3cccc(Cl)c3F)c2cc1O[C@@H]1CCN(C2COC2)CC1(F)F. The van der Waals surface area contributed by atoms with Gasteiger partial charge in [0.05, 0.1) is 142 Å². The van der Waals surface area contributed by atoms with E-state index in [1.165, 1.54) is 76.7 Å². The molecule has 540 valence electrons. The summed E-state index contributed by atoms with van der Waals surface area (Å²) in [7, 11) is 4.29.